The Labute approximate surface area is 104 Å². The van der Waals surface area contributed by atoms with Gasteiger partial charge in [0, 0.05) is 6.08 Å². The summed E-state index contributed by atoms with van der Waals surface area (Å²) in [6.07, 6.45) is 4.11. The minimum Gasteiger partial charge on any atom is -0.497 e. The number of carbonyl (C=O) groups is 1. The van der Waals surface area contributed by atoms with E-state index < -0.39 is 5.97 Å². The zero-order valence-corrected chi connectivity index (χ0v) is 9.75. The van der Waals surface area contributed by atoms with Crippen molar-refractivity contribution in [3.05, 3.63) is 42.4 Å². The third-order valence-electron chi connectivity index (χ3n) is 2.38. The summed E-state index contributed by atoms with van der Waals surface area (Å²) >= 11 is 0. The number of imidazole rings is 1. The Hall–Kier alpha value is -2.56. The van der Waals surface area contributed by atoms with Gasteiger partial charge in [0.05, 0.1) is 19.0 Å². The third kappa shape index (κ3) is 2.76. The minimum absolute atomic E-state index is 0.503. The lowest BCUT2D eigenvalue weighted by atomic mass is 10.2. The predicted molar refractivity (Wildman–Crippen MR) is 67.2 cm³/mol. The molecule has 1 aromatic carbocycles. The molecule has 0 aliphatic heterocycles. The van der Waals surface area contributed by atoms with Gasteiger partial charge >= 0.3 is 5.97 Å². The number of ether oxygens (including phenoxy) is 1. The summed E-state index contributed by atoms with van der Waals surface area (Å²) in [7, 11) is 1.61. The molecule has 5 nitrogen and oxygen atoms in total. The van der Waals surface area contributed by atoms with E-state index >= 15 is 0 Å². The molecule has 0 bridgehead atoms. The molecule has 0 atom stereocenters. The van der Waals surface area contributed by atoms with Gasteiger partial charge in [-0.3, -0.25) is 0 Å². The van der Waals surface area contributed by atoms with Crippen LogP contribution >= 0.6 is 0 Å². The van der Waals surface area contributed by atoms with Gasteiger partial charge in [0.25, 0.3) is 0 Å². The quantitative estimate of drug-likeness (QED) is 0.808. The summed E-state index contributed by atoms with van der Waals surface area (Å²) in [5.74, 6) is 0.282. The molecular formula is C13H12N2O3. The van der Waals surface area contributed by atoms with Gasteiger partial charge in [-0.1, -0.05) is 0 Å². The van der Waals surface area contributed by atoms with Crippen LogP contribution in [0.2, 0.25) is 0 Å². The zero-order chi connectivity index (χ0) is 13.0. The van der Waals surface area contributed by atoms with Crippen molar-refractivity contribution in [2.45, 2.75) is 0 Å². The number of nitrogens with one attached hydrogen (secondary N) is 1. The smallest absolute Gasteiger partial charge is 0.328 e. The molecule has 0 unspecified atom stereocenters. The highest BCUT2D eigenvalue weighted by atomic mass is 16.5. The molecular weight excluding hydrogens is 232 g/mol. The molecule has 1 aromatic heterocycles. The number of carboxylic acids is 1. The van der Waals surface area contributed by atoms with Gasteiger partial charge < -0.3 is 14.8 Å². The molecule has 0 aliphatic carbocycles. The van der Waals surface area contributed by atoms with E-state index in [2.05, 4.69) is 9.97 Å². The summed E-state index contributed by atoms with van der Waals surface area (Å²) in [5.41, 5.74) is 1.78. The van der Waals surface area contributed by atoms with Crippen LogP contribution in [0.15, 0.2) is 36.5 Å². The van der Waals surface area contributed by atoms with Gasteiger partial charge in [0.1, 0.15) is 11.6 Å². The molecule has 5 heteroatoms. The first kappa shape index (κ1) is 11.9. The van der Waals surface area contributed by atoms with Crippen LogP contribution < -0.4 is 4.74 Å². The molecule has 0 fully saturated rings. The van der Waals surface area contributed by atoms with E-state index in [-0.39, 0.29) is 0 Å². The Morgan fingerprint density at radius 2 is 2.11 bits per heavy atom. The highest BCUT2D eigenvalue weighted by Crippen LogP contribution is 2.20. The van der Waals surface area contributed by atoms with Crippen molar-refractivity contribution in [3.63, 3.8) is 0 Å². The molecule has 18 heavy (non-hydrogen) atoms. The zero-order valence-electron chi connectivity index (χ0n) is 9.75. The summed E-state index contributed by atoms with van der Waals surface area (Å²) in [4.78, 5) is 17.5. The molecule has 2 aromatic rings. The van der Waals surface area contributed by atoms with E-state index in [1.54, 1.807) is 13.3 Å². The van der Waals surface area contributed by atoms with Crippen LogP contribution in [0.5, 0.6) is 5.75 Å². The molecule has 0 saturated carbocycles. The number of rotatable bonds is 4. The Morgan fingerprint density at radius 1 is 1.39 bits per heavy atom. The lowest BCUT2D eigenvalue weighted by Crippen LogP contribution is -1.86. The van der Waals surface area contributed by atoms with Crippen molar-refractivity contribution in [1.82, 2.24) is 9.97 Å². The maximum Gasteiger partial charge on any atom is 0.328 e. The average Bonchev–Trinajstić information content (AvgIpc) is 2.85. The van der Waals surface area contributed by atoms with Gasteiger partial charge in [-0.2, -0.15) is 0 Å². The monoisotopic (exact) mass is 244 g/mol. The van der Waals surface area contributed by atoms with Gasteiger partial charge in [-0.25, -0.2) is 9.78 Å². The lowest BCUT2D eigenvalue weighted by molar-refractivity contribution is -0.131. The molecule has 1 heterocycles. The average molecular weight is 244 g/mol. The molecule has 0 aliphatic rings. The van der Waals surface area contributed by atoms with Crippen LogP contribution in [0.3, 0.4) is 0 Å². The molecule has 0 amide bonds. The fraction of sp³-hybridized carbons (Fsp3) is 0.0769. The maximum absolute atomic E-state index is 10.4. The molecule has 0 radical (unpaired) electrons. The second-order valence-electron chi connectivity index (χ2n) is 3.58. The first-order valence-corrected chi connectivity index (χ1v) is 5.29. The van der Waals surface area contributed by atoms with E-state index in [4.69, 9.17) is 9.84 Å². The fourth-order valence-corrected chi connectivity index (χ4v) is 1.49. The number of aromatic nitrogens is 2. The molecule has 0 saturated heterocycles. The SMILES string of the molecule is COc1ccc(-c2cnc(/C=C/C(=O)O)[nH]2)cc1. The topological polar surface area (TPSA) is 75.2 Å². The number of nitrogens with zero attached hydrogens (tertiary/aromatic N) is 1. The maximum atomic E-state index is 10.4. The number of benzene rings is 1. The lowest BCUT2D eigenvalue weighted by Gasteiger charge is -2.00. The number of H-pyrrole nitrogens is 1. The van der Waals surface area contributed by atoms with Crippen LogP contribution in [0.1, 0.15) is 5.82 Å². The highest BCUT2D eigenvalue weighted by Gasteiger charge is 2.02. The van der Waals surface area contributed by atoms with Crippen LogP contribution in [0.25, 0.3) is 17.3 Å². The summed E-state index contributed by atoms with van der Waals surface area (Å²) < 4.78 is 5.07. The third-order valence-corrected chi connectivity index (χ3v) is 2.38. The molecule has 2 N–H and O–H groups in total. The fourth-order valence-electron chi connectivity index (χ4n) is 1.49. The summed E-state index contributed by atoms with van der Waals surface area (Å²) in [6.45, 7) is 0. The number of methoxy groups -OCH3 is 1. The predicted octanol–water partition coefficient (Wildman–Crippen LogP) is 2.18. The number of hydrogen-bond donors (Lipinski definition) is 2. The van der Waals surface area contributed by atoms with Crippen molar-refractivity contribution < 1.29 is 14.6 Å². The van der Waals surface area contributed by atoms with Crippen molar-refractivity contribution in [1.29, 1.82) is 0 Å². The first-order valence-electron chi connectivity index (χ1n) is 5.29. The van der Waals surface area contributed by atoms with E-state index in [0.717, 1.165) is 23.1 Å². The first-order chi connectivity index (χ1) is 8.69. The van der Waals surface area contributed by atoms with Gasteiger partial charge in [-0.05, 0) is 35.9 Å². The van der Waals surface area contributed by atoms with Crippen molar-refractivity contribution >= 4 is 12.0 Å². The second-order valence-corrected chi connectivity index (χ2v) is 3.58. The molecule has 2 rings (SSSR count). The number of aromatic amines is 1. The highest BCUT2D eigenvalue weighted by molar-refractivity contribution is 5.84. The van der Waals surface area contributed by atoms with Gasteiger partial charge in [0.2, 0.25) is 0 Å². The Balaban J connectivity index is 2.20. The Kier molecular flexibility index (Phi) is 3.43. The van der Waals surface area contributed by atoms with E-state index in [1.807, 2.05) is 24.3 Å². The molecule has 0 spiro atoms. The number of aliphatic carboxylic acids is 1. The van der Waals surface area contributed by atoms with Crippen molar-refractivity contribution in [2.75, 3.05) is 7.11 Å². The Bertz CT molecular complexity index is 570. The minimum atomic E-state index is -1.00. The second kappa shape index (κ2) is 5.18. The Morgan fingerprint density at radius 3 is 2.72 bits per heavy atom. The van der Waals surface area contributed by atoms with Crippen LogP contribution in [-0.2, 0) is 4.79 Å². The van der Waals surface area contributed by atoms with Crippen molar-refractivity contribution in [2.24, 2.45) is 0 Å². The summed E-state index contributed by atoms with van der Waals surface area (Å²) in [5, 5.41) is 8.51. The largest absolute Gasteiger partial charge is 0.497 e. The van der Waals surface area contributed by atoms with Crippen LogP contribution in [0.4, 0.5) is 0 Å². The van der Waals surface area contributed by atoms with Crippen molar-refractivity contribution in [3.8, 4) is 17.0 Å². The standard InChI is InChI=1S/C13H12N2O3/c1-18-10-4-2-9(3-5-10)11-8-14-12(15-11)6-7-13(16)17/h2-8H,1H3,(H,14,15)(H,16,17)/b7-6+. The molecule has 92 valence electrons. The van der Waals surface area contributed by atoms with Gasteiger partial charge in [-0.15, -0.1) is 0 Å². The number of carboxylic acid groups (broad SMARTS) is 1. The van der Waals surface area contributed by atoms with Gasteiger partial charge in [0.15, 0.2) is 0 Å². The number of hydrogen-bond acceptors (Lipinski definition) is 3. The van der Waals surface area contributed by atoms with E-state index in [0.29, 0.717) is 5.82 Å². The van der Waals surface area contributed by atoms with E-state index in [1.165, 1.54) is 6.08 Å². The van der Waals surface area contributed by atoms with Crippen LogP contribution in [0, 0.1) is 0 Å². The van der Waals surface area contributed by atoms with E-state index in [9.17, 15) is 4.79 Å². The summed E-state index contributed by atoms with van der Waals surface area (Å²) in [6, 6.07) is 7.50. The normalized spacial score (nSPS) is 10.7. The van der Waals surface area contributed by atoms with Crippen LogP contribution in [-0.4, -0.2) is 28.2 Å².